The minimum Gasteiger partial charge on any atom is -0.493 e. The van der Waals surface area contributed by atoms with Crippen LogP contribution in [0.4, 0.5) is 0 Å². The monoisotopic (exact) mass is 492 g/mol. The third kappa shape index (κ3) is 8.25. The Morgan fingerprint density at radius 2 is 0.892 bits per heavy atom. The minimum atomic E-state index is 0.513. The molecule has 0 saturated carbocycles. The maximum Gasteiger partial charge on any atom is 0.125 e. The van der Waals surface area contributed by atoms with Crippen LogP contribution in [0.25, 0.3) is 0 Å². The fourth-order valence-electron chi connectivity index (χ4n) is 3.59. The second-order valence-corrected chi connectivity index (χ2v) is 8.47. The largest absolute Gasteiger partial charge is 0.493 e. The van der Waals surface area contributed by atoms with E-state index in [1.807, 2.05) is 109 Å². The molecular weight excluding hydrogens is 460 g/mol. The molecule has 0 aromatic heterocycles. The summed E-state index contributed by atoms with van der Waals surface area (Å²) in [7, 11) is 0. The molecule has 0 heterocycles. The molecule has 37 heavy (non-hydrogen) atoms. The highest BCUT2D eigenvalue weighted by Gasteiger charge is 2.02. The first kappa shape index (κ1) is 25.5. The molecule has 0 atom stereocenters. The minimum absolute atomic E-state index is 0.513. The Labute approximate surface area is 218 Å². The van der Waals surface area contributed by atoms with Crippen LogP contribution in [0.15, 0.2) is 119 Å². The van der Waals surface area contributed by atoms with Gasteiger partial charge in [0, 0.05) is 17.5 Å². The van der Waals surface area contributed by atoms with E-state index in [-0.39, 0.29) is 0 Å². The van der Waals surface area contributed by atoms with Gasteiger partial charge in [0.15, 0.2) is 0 Å². The van der Waals surface area contributed by atoms with Crippen LogP contribution in [0.3, 0.4) is 0 Å². The van der Waals surface area contributed by atoms with Gasteiger partial charge in [0.05, 0.1) is 26.3 Å². The zero-order valence-electron chi connectivity index (χ0n) is 20.8. The highest BCUT2D eigenvalue weighted by atomic mass is 16.5. The van der Waals surface area contributed by atoms with Gasteiger partial charge >= 0.3 is 0 Å². The van der Waals surface area contributed by atoms with Crippen LogP contribution in [0.5, 0.6) is 11.5 Å². The summed E-state index contributed by atoms with van der Waals surface area (Å²) in [6, 6.07) is 35.4. The lowest BCUT2D eigenvalue weighted by Gasteiger charge is -2.09. The van der Waals surface area contributed by atoms with Gasteiger partial charge in [-0.2, -0.15) is 0 Å². The molecule has 0 aliphatic rings. The quantitative estimate of drug-likeness (QED) is 0.158. The first-order valence-electron chi connectivity index (χ1n) is 12.3. The van der Waals surface area contributed by atoms with Gasteiger partial charge in [-0.15, -0.1) is 0 Å². The fourth-order valence-corrected chi connectivity index (χ4v) is 3.59. The highest BCUT2D eigenvalue weighted by Crippen LogP contribution is 2.15. The molecule has 6 heteroatoms. The molecule has 4 N–H and O–H groups in total. The number of hydrogen-bond donors (Lipinski definition) is 2. The molecule has 0 radical (unpaired) electrons. The maximum absolute atomic E-state index is 6.13. The van der Waals surface area contributed by atoms with E-state index in [9.17, 15) is 0 Å². The summed E-state index contributed by atoms with van der Waals surface area (Å²) in [6.45, 7) is 2.22. The number of benzene rings is 4. The summed E-state index contributed by atoms with van der Waals surface area (Å²) in [5.41, 5.74) is 16.3. The highest BCUT2D eigenvalue weighted by molar-refractivity contribution is 5.98. The van der Waals surface area contributed by atoms with Gasteiger partial charge in [-0.25, -0.2) is 0 Å². The van der Waals surface area contributed by atoms with Crippen LogP contribution in [0.1, 0.15) is 28.7 Å². The average Bonchev–Trinajstić information content (AvgIpc) is 2.96. The van der Waals surface area contributed by atoms with E-state index in [1.165, 1.54) is 0 Å². The van der Waals surface area contributed by atoms with Crippen molar-refractivity contribution in [2.24, 2.45) is 21.5 Å². The standard InChI is InChI=1S/C31H32N4O2/c32-30(34-22-24-8-3-1-4-9-24)26-12-16-28(17-13-26)36-20-7-21-37-29-18-14-27(15-19-29)31(33)35-23-25-10-5-2-6-11-25/h1-6,8-19H,7,20-23H2,(H2,32,34)(H2,33,35). The van der Waals surface area contributed by atoms with Gasteiger partial charge in [0.2, 0.25) is 0 Å². The third-order valence-electron chi connectivity index (χ3n) is 5.68. The van der Waals surface area contributed by atoms with Gasteiger partial charge in [-0.3, -0.25) is 9.98 Å². The van der Waals surface area contributed by atoms with Crippen molar-refractivity contribution >= 4 is 11.7 Å². The first-order valence-corrected chi connectivity index (χ1v) is 12.3. The number of hydrogen-bond acceptors (Lipinski definition) is 4. The molecule has 0 spiro atoms. The number of rotatable bonds is 12. The molecule has 4 aromatic rings. The second kappa shape index (κ2) is 13.5. The van der Waals surface area contributed by atoms with Gasteiger partial charge in [-0.05, 0) is 59.7 Å². The second-order valence-electron chi connectivity index (χ2n) is 8.47. The SMILES string of the molecule is NC(=NCc1ccccc1)c1ccc(OCCCOc2ccc(C(N)=NCc3ccccc3)cc2)cc1. The number of aliphatic imine (C=N–C) groups is 2. The van der Waals surface area contributed by atoms with Crippen LogP contribution >= 0.6 is 0 Å². The number of nitrogens with two attached hydrogens (primary N) is 2. The molecule has 0 unspecified atom stereocenters. The van der Waals surface area contributed by atoms with E-state index in [0.29, 0.717) is 38.0 Å². The van der Waals surface area contributed by atoms with Gasteiger partial charge in [0.1, 0.15) is 23.2 Å². The zero-order chi connectivity index (χ0) is 25.7. The van der Waals surface area contributed by atoms with Crippen molar-refractivity contribution in [3.8, 4) is 11.5 Å². The van der Waals surface area contributed by atoms with E-state index in [4.69, 9.17) is 20.9 Å². The Balaban J connectivity index is 1.16. The summed E-state index contributed by atoms with van der Waals surface area (Å²) >= 11 is 0. The molecule has 0 amide bonds. The lowest BCUT2D eigenvalue weighted by atomic mass is 10.2. The molecule has 0 aliphatic carbocycles. The van der Waals surface area contributed by atoms with Crippen molar-refractivity contribution in [3.63, 3.8) is 0 Å². The Hall–Kier alpha value is -4.58. The summed E-state index contributed by atoms with van der Waals surface area (Å²) in [5, 5.41) is 0. The van der Waals surface area contributed by atoms with Gasteiger partial charge in [-0.1, -0.05) is 60.7 Å². The molecular formula is C31H32N4O2. The summed E-state index contributed by atoms with van der Waals surface area (Å²) in [6.07, 6.45) is 0.755. The normalized spacial score (nSPS) is 11.8. The van der Waals surface area contributed by atoms with Crippen molar-refractivity contribution in [1.82, 2.24) is 0 Å². The molecule has 0 fully saturated rings. The van der Waals surface area contributed by atoms with Crippen LogP contribution in [-0.2, 0) is 13.1 Å². The molecule has 4 rings (SSSR count). The summed E-state index contributed by atoms with van der Waals surface area (Å²) in [4.78, 5) is 8.94. The number of nitrogens with zero attached hydrogens (tertiary/aromatic N) is 2. The predicted octanol–water partition coefficient (Wildman–Crippen LogP) is 5.35. The summed E-state index contributed by atoms with van der Waals surface area (Å²) in [5.74, 6) is 2.60. The Kier molecular flexibility index (Phi) is 9.30. The van der Waals surface area contributed by atoms with Crippen molar-refractivity contribution in [1.29, 1.82) is 0 Å². The predicted molar refractivity (Wildman–Crippen MR) is 150 cm³/mol. The third-order valence-corrected chi connectivity index (χ3v) is 5.68. The molecule has 188 valence electrons. The number of amidine groups is 2. The van der Waals surface area contributed by atoms with E-state index >= 15 is 0 Å². The van der Waals surface area contributed by atoms with E-state index in [2.05, 4.69) is 9.98 Å². The van der Waals surface area contributed by atoms with Crippen molar-refractivity contribution in [2.45, 2.75) is 19.5 Å². The van der Waals surface area contributed by atoms with E-state index in [0.717, 1.165) is 40.2 Å². The molecule has 0 aliphatic heterocycles. The van der Waals surface area contributed by atoms with E-state index < -0.39 is 0 Å². The van der Waals surface area contributed by atoms with Crippen LogP contribution in [0.2, 0.25) is 0 Å². The van der Waals surface area contributed by atoms with Crippen LogP contribution in [0, 0.1) is 0 Å². The Morgan fingerprint density at radius 3 is 1.27 bits per heavy atom. The molecule has 0 bridgehead atoms. The fraction of sp³-hybridized carbons (Fsp3) is 0.161. The number of ether oxygens (including phenoxy) is 2. The smallest absolute Gasteiger partial charge is 0.125 e. The average molecular weight is 493 g/mol. The Bertz CT molecular complexity index is 1180. The van der Waals surface area contributed by atoms with Gasteiger partial charge in [0.25, 0.3) is 0 Å². The van der Waals surface area contributed by atoms with Crippen LogP contribution < -0.4 is 20.9 Å². The Morgan fingerprint density at radius 1 is 0.514 bits per heavy atom. The topological polar surface area (TPSA) is 95.2 Å². The van der Waals surface area contributed by atoms with E-state index in [1.54, 1.807) is 0 Å². The molecule has 0 saturated heterocycles. The maximum atomic E-state index is 6.13. The van der Waals surface area contributed by atoms with Gasteiger partial charge < -0.3 is 20.9 Å². The molecule has 6 nitrogen and oxygen atoms in total. The molecule has 4 aromatic carbocycles. The summed E-state index contributed by atoms with van der Waals surface area (Å²) < 4.78 is 11.7. The lowest BCUT2D eigenvalue weighted by molar-refractivity contribution is 0.247. The first-order chi connectivity index (χ1) is 18.2. The zero-order valence-corrected chi connectivity index (χ0v) is 20.8. The lowest BCUT2D eigenvalue weighted by Crippen LogP contribution is -2.13. The van der Waals surface area contributed by atoms with Crippen molar-refractivity contribution < 1.29 is 9.47 Å². The van der Waals surface area contributed by atoms with Crippen molar-refractivity contribution in [3.05, 3.63) is 131 Å². The van der Waals surface area contributed by atoms with Crippen molar-refractivity contribution in [2.75, 3.05) is 13.2 Å². The van der Waals surface area contributed by atoms with Crippen LogP contribution in [-0.4, -0.2) is 24.9 Å².